The maximum absolute atomic E-state index is 12.1. The van der Waals surface area contributed by atoms with Crippen molar-refractivity contribution in [1.29, 1.82) is 0 Å². The molecule has 1 unspecified atom stereocenters. The van der Waals surface area contributed by atoms with Gasteiger partial charge in [-0.3, -0.25) is 10.00 Å². The Balaban J connectivity index is 2.12. The molecule has 1 aromatic rings. The van der Waals surface area contributed by atoms with Crippen molar-refractivity contribution >= 4 is 5.97 Å². The summed E-state index contributed by atoms with van der Waals surface area (Å²) in [5.41, 5.74) is 0.344. The van der Waals surface area contributed by atoms with Crippen molar-refractivity contribution in [2.45, 2.75) is 51.7 Å². The third-order valence-electron chi connectivity index (χ3n) is 3.22. The van der Waals surface area contributed by atoms with Crippen LogP contribution in [-0.2, 0) is 16.1 Å². The third kappa shape index (κ3) is 2.90. The van der Waals surface area contributed by atoms with Gasteiger partial charge in [0.05, 0.1) is 13.2 Å². The van der Waals surface area contributed by atoms with Gasteiger partial charge in [0.15, 0.2) is 0 Å². The van der Waals surface area contributed by atoms with Crippen molar-refractivity contribution < 1.29 is 9.53 Å². The highest BCUT2D eigenvalue weighted by molar-refractivity contribution is 5.80. The molecule has 1 fully saturated rings. The lowest BCUT2D eigenvalue weighted by atomic mass is 10.0. The molecule has 18 heavy (non-hydrogen) atoms. The highest BCUT2D eigenvalue weighted by Gasteiger charge is 2.40. The minimum absolute atomic E-state index is 0.202. The third-order valence-corrected chi connectivity index (χ3v) is 3.22. The predicted molar refractivity (Wildman–Crippen MR) is 68.2 cm³/mol. The average molecular weight is 251 g/mol. The largest absolute Gasteiger partial charge is 0.465 e. The molecule has 0 radical (unpaired) electrons. The van der Waals surface area contributed by atoms with E-state index in [-0.39, 0.29) is 5.97 Å². The fraction of sp³-hybridized carbons (Fsp3) is 0.692. The molecule has 2 rings (SSSR count). The minimum Gasteiger partial charge on any atom is -0.465 e. The molecule has 1 aromatic heterocycles. The monoisotopic (exact) mass is 251 g/mol. The van der Waals surface area contributed by atoms with Crippen LogP contribution in [0.5, 0.6) is 0 Å². The van der Waals surface area contributed by atoms with Gasteiger partial charge in [-0.05, 0) is 39.7 Å². The molecule has 1 aliphatic rings. The zero-order valence-electron chi connectivity index (χ0n) is 11.3. The van der Waals surface area contributed by atoms with Crippen LogP contribution >= 0.6 is 0 Å². The number of rotatable bonds is 6. The summed E-state index contributed by atoms with van der Waals surface area (Å²) in [6.07, 6.45) is 4.01. The Labute approximate surface area is 108 Å². The fourth-order valence-electron chi connectivity index (χ4n) is 2.00. The zero-order chi connectivity index (χ0) is 13.2. The van der Waals surface area contributed by atoms with E-state index < -0.39 is 5.54 Å². The normalized spacial score (nSPS) is 18.4. The van der Waals surface area contributed by atoms with Crippen LogP contribution < -0.4 is 5.32 Å². The molecular formula is C13H21N3O2. The molecule has 0 amide bonds. The fourth-order valence-corrected chi connectivity index (χ4v) is 2.00. The maximum atomic E-state index is 12.1. The van der Waals surface area contributed by atoms with Gasteiger partial charge in [-0.1, -0.05) is 0 Å². The molecule has 0 bridgehead atoms. The molecule has 1 N–H and O–H groups in total. The van der Waals surface area contributed by atoms with Crippen molar-refractivity contribution in [3.05, 3.63) is 18.0 Å². The molecule has 5 nitrogen and oxygen atoms in total. The first-order chi connectivity index (χ1) is 8.55. The van der Waals surface area contributed by atoms with Crippen molar-refractivity contribution in [1.82, 2.24) is 15.1 Å². The second-order valence-electron chi connectivity index (χ2n) is 5.10. The Kier molecular flexibility index (Phi) is 3.71. The molecule has 0 saturated heterocycles. The Hall–Kier alpha value is -1.36. The summed E-state index contributed by atoms with van der Waals surface area (Å²) in [4.78, 5) is 12.1. The average Bonchev–Trinajstić information content (AvgIpc) is 3.03. The maximum Gasteiger partial charge on any atom is 0.327 e. The van der Waals surface area contributed by atoms with E-state index >= 15 is 0 Å². The van der Waals surface area contributed by atoms with Crippen LogP contribution in [0.2, 0.25) is 0 Å². The van der Waals surface area contributed by atoms with Crippen molar-refractivity contribution in [2.24, 2.45) is 0 Å². The molecule has 1 aliphatic carbocycles. The van der Waals surface area contributed by atoms with Crippen LogP contribution in [-0.4, -0.2) is 33.9 Å². The van der Waals surface area contributed by atoms with Gasteiger partial charge in [-0.2, -0.15) is 5.10 Å². The topological polar surface area (TPSA) is 56.2 Å². The lowest BCUT2D eigenvalue weighted by Crippen LogP contribution is -2.54. The Morgan fingerprint density at radius 3 is 2.89 bits per heavy atom. The summed E-state index contributed by atoms with van der Waals surface area (Å²) in [6, 6.07) is 2.37. The molecule has 0 spiro atoms. The Bertz CT molecular complexity index is 426. The number of nitrogens with zero attached hydrogens (tertiary/aromatic N) is 2. The van der Waals surface area contributed by atoms with E-state index in [9.17, 15) is 4.79 Å². The molecular weight excluding hydrogens is 230 g/mol. The molecule has 5 heteroatoms. The summed E-state index contributed by atoms with van der Waals surface area (Å²) in [5.74, 6) is -0.202. The predicted octanol–water partition coefficient (Wildman–Crippen LogP) is 1.27. The standard InChI is InChI=1S/C13H21N3O2/c1-4-18-12(17)13(3,15-11-5-6-11)9-16-10(2)7-8-14-16/h7-8,11,15H,4-6,9H2,1-3H3. The first kappa shape index (κ1) is 13.1. The SMILES string of the molecule is CCOC(=O)C(C)(Cn1nccc1C)NC1CC1. The highest BCUT2D eigenvalue weighted by atomic mass is 16.5. The van der Waals surface area contributed by atoms with E-state index in [0.29, 0.717) is 19.2 Å². The minimum atomic E-state index is -0.700. The molecule has 1 heterocycles. The first-order valence-electron chi connectivity index (χ1n) is 6.48. The molecule has 0 aliphatic heterocycles. The quantitative estimate of drug-likeness (QED) is 0.773. The van der Waals surface area contributed by atoms with Crippen LogP contribution in [0, 0.1) is 6.92 Å². The van der Waals surface area contributed by atoms with E-state index in [0.717, 1.165) is 18.5 Å². The number of esters is 1. The van der Waals surface area contributed by atoms with Crippen molar-refractivity contribution in [2.75, 3.05) is 6.61 Å². The van der Waals surface area contributed by atoms with Crippen LogP contribution in [0.4, 0.5) is 0 Å². The number of ether oxygens (including phenoxy) is 1. The van der Waals surface area contributed by atoms with Gasteiger partial charge in [0.2, 0.25) is 0 Å². The number of carbonyl (C=O) groups excluding carboxylic acids is 1. The van der Waals surface area contributed by atoms with E-state index in [1.54, 1.807) is 6.20 Å². The summed E-state index contributed by atoms with van der Waals surface area (Å²) in [7, 11) is 0. The highest BCUT2D eigenvalue weighted by Crippen LogP contribution is 2.24. The molecule has 100 valence electrons. The summed E-state index contributed by atoms with van der Waals surface area (Å²) >= 11 is 0. The lowest BCUT2D eigenvalue weighted by Gasteiger charge is -2.29. The van der Waals surface area contributed by atoms with Crippen LogP contribution in [0.15, 0.2) is 12.3 Å². The van der Waals surface area contributed by atoms with Crippen molar-refractivity contribution in [3.63, 3.8) is 0 Å². The number of nitrogens with one attached hydrogen (secondary N) is 1. The first-order valence-corrected chi connectivity index (χ1v) is 6.48. The van der Waals surface area contributed by atoms with Crippen molar-refractivity contribution in [3.8, 4) is 0 Å². The van der Waals surface area contributed by atoms with Gasteiger partial charge in [-0.25, -0.2) is 4.79 Å². The number of hydrogen-bond acceptors (Lipinski definition) is 4. The number of hydrogen-bond donors (Lipinski definition) is 1. The van der Waals surface area contributed by atoms with Crippen LogP contribution in [0.25, 0.3) is 0 Å². The Morgan fingerprint density at radius 1 is 1.67 bits per heavy atom. The van der Waals surface area contributed by atoms with Gasteiger partial charge < -0.3 is 4.74 Å². The number of aryl methyl sites for hydroxylation is 1. The molecule has 0 aromatic carbocycles. The van der Waals surface area contributed by atoms with Crippen LogP contribution in [0.3, 0.4) is 0 Å². The van der Waals surface area contributed by atoms with E-state index in [2.05, 4.69) is 10.4 Å². The van der Waals surface area contributed by atoms with Crippen LogP contribution in [0.1, 0.15) is 32.4 Å². The number of aromatic nitrogens is 2. The van der Waals surface area contributed by atoms with E-state index in [1.807, 2.05) is 31.5 Å². The number of carbonyl (C=O) groups is 1. The lowest BCUT2D eigenvalue weighted by molar-refractivity contribution is -0.151. The summed E-state index contributed by atoms with van der Waals surface area (Å²) in [5, 5.41) is 7.62. The Morgan fingerprint density at radius 2 is 2.39 bits per heavy atom. The van der Waals surface area contributed by atoms with Gasteiger partial charge in [0.25, 0.3) is 0 Å². The second kappa shape index (κ2) is 5.10. The molecule has 1 atom stereocenters. The van der Waals surface area contributed by atoms with Gasteiger partial charge in [0, 0.05) is 17.9 Å². The summed E-state index contributed by atoms with van der Waals surface area (Å²) < 4.78 is 7.02. The van der Waals surface area contributed by atoms with Gasteiger partial charge >= 0.3 is 5.97 Å². The summed E-state index contributed by atoms with van der Waals surface area (Å²) in [6.45, 7) is 6.61. The second-order valence-corrected chi connectivity index (χ2v) is 5.10. The van der Waals surface area contributed by atoms with Gasteiger partial charge in [0.1, 0.15) is 5.54 Å². The smallest absolute Gasteiger partial charge is 0.327 e. The van der Waals surface area contributed by atoms with Gasteiger partial charge in [-0.15, -0.1) is 0 Å². The van der Waals surface area contributed by atoms with E-state index in [4.69, 9.17) is 4.74 Å². The zero-order valence-corrected chi connectivity index (χ0v) is 11.3. The van der Waals surface area contributed by atoms with E-state index in [1.165, 1.54) is 0 Å². The molecule has 1 saturated carbocycles.